The van der Waals surface area contributed by atoms with Crippen LogP contribution in [0.2, 0.25) is 0 Å². The number of benzene rings is 1. The van der Waals surface area contributed by atoms with Crippen LogP contribution >= 0.6 is 11.8 Å². The molecule has 24 heavy (non-hydrogen) atoms. The van der Waals surface area contributed by atoms with E-state index in [0.29, 0.717) is 23.3 Å². The van der Waals surface area contributed by atoms with Crippen LogP contribution < -0.4 is 15.9 Å². The maximum absolute atomic E-state index is 12.0. The molecule has 2 aromatic rings. The zero-order valence-electron chi connectivity index (χ0n) is 14.4. The van der Waals surface area contributed by atoms with Crippen LogP contribution in [-0.4, -0.2) is 33.1 Å². The van der Waals surface area contributed by atoms with Gasteiger partial charge in [-0.25, -0.2) is 4.68 Å². The van der Waals surface area contributed by atoms with E-state index in [1.807, 2.05) is 39.8 Å². The summed E-state index contributed by atoms with van der Waals surface area (Å²) in [7, 11) is 0. The average Bonchev–Trinajstić information content (AvgIpc) is 2.88. The molecule has 0 saturated carbocycles. The van der Waals surface area contributed by atoms with Gasteiger partial charge < -0.3 is 15.9 Å². The van der Waals surface area contributed by atoms with Crippen molar-refractivity contribution in [1.29, 1.82) is 0 Å². The van der Waals surface area contributed by atoms with Crippen LogP contribution in [0.1, 0.15) is 33.5 Å². The standard InChI is InChI=1S/C16H23N5O2S/c1-5-23-12-8-6-11(7-9-12)18-13(22)10-24-15-20-19-14(21(15)17)16(2,3)4/h6-9H,5,10,17H2,1-4H3,(H,18,22). The summed E-state index contributed by atoms with van der Waals surface area (Å²) >= 11 is 1.25. The molecule has 8 heteroatoms. The molecule has 0 spiro atoms. The lowest BCUT2D eigenvalue weighted by atomic mass is 9.96. The van der Waals surface area contributed by atoms with Crippen LogP contribution in [0.5, 0.6) is 5.75 Å². The van der Waals surface area contributed by atoms with Crippen molar-refractivity contribution in [2.75, 3.05) is 23.5 Å². The van der Waals surface area contributed by atoms with E-state index in [0.717, 1.165) is 5.75 Å². The molecular formula is C16H23N5O2S. The van der Waals surface area contributed by atoms with Gasteiger partial charge in [0.05, 0.1) is 12.4 Å². The van der Waals surface area contributed by atoms with Crippen LogP contribution in [-0.2, 0) is 10.2 Å². The van der Waals surface area contributed by atoms with Crippen LogP contribution in [0.3, 0.4) is 0 Å². The minimum absolute atomic E-state index is 0.135. The fourth-order valence-corrected chi connectivity index (χ4v) is 2.67. The van der Waals surface area contributed by atoms with Crippen molar-refractivity contribution in [1.82, 2.24) is 14.9 Å². The van der Waals surface area contributed by atoms with Gasteiger partial charge in [0.2, 0.25) is 11.1 Å². The molecule has 0 unspecified atom stereocenters. The predicted octanol–water partition coefficient (Wildman–Crippen LogP) is 2.42. The highest BCUT2D eigenvalue weighted by Gasteiger charge is 2.23. The van der Waals surface area contributed by atoms with Gasteiger partial charge in [0.15, 0.2) is 5.82 Å². The number of nitrogens with zero attached hydrogens (tertiary/aromatic N) is 3. The third-order valence-corrected chi connectivity index (χ3v) is 4.06. The SMILES string of the molecule is CCOc1ccc(NC(=O)CSc2nnc(C(C)(C)C)n2N)cc1. The summed E-state index contributed by atoms with van der Waals surface area (Å²) in [6.07, 6.45) is 0. The molecular weight excluding hydrogens is 326 g/mol. The summed E-state index contributed by atoms with van der Waals surface area (Å²) in [6, 6.07) is 7.24. The highest BCUT2D eigenvalue weighted by Crippen LogP contribution is 2.23. The molecule has 1 aromatic carbocycles. The van der Waals surface area contributed by atoms with Gasteiger partial charge >= 0.3 is 0 Å². The minimum atomic E-state index is -0.203. The van der Waals surface area contributed by atoms with Crippen molar-refractivity contribution in [3.8, 4) is 5.75 Å². The van der Waals surface area contributed by atoms with Gasteiger partial charge in [-0.1, -0.05) is 32.5 Å². The third kappa shape index (κ3) is 4.64. The summed E-state index contributed by atoms with van der Waals surface area (Å²) in [5.74, 6) is 7.52. The first-order valence-electron chi connectivity index (χ1n) is 7.67. The van der Waals surface area contributed by atoms with Gasteiger partial charge in [-0.15, -0.1) is 10.2 Å². The number of rotatable bonds is 6. The molecule has 7 nitrogen and oxygen atoms in total. The van der Waals surface area contributed by atoms with E-state index < -0.39 is 0 Å². The van der Waals surface area contributed by atoms with Crippen LogP contribution in [0.15, 0.2) is 29.4 Å². The van der Waals surface area contributed by atoms with Crippen molar-refractivity contribution < 1.29 is 9.53 Å². The number of hydrogen-bond donors (Lipinski definition) is 2. The molecule has 2 rings (SSSR count). The Kier molecular flexibility index (Phi) is 5.71. The Morgan fingerprint density at radius 1 is 1.29 bits per heavy atom. The Balaban J connectivity index is 1.90. The smallest absolute Gasteiger partial charge is 0.234 e. The second kappa shape index (κ2) is 7.57. The third-order valence-electron chi connectivity index (χ3n) is 3.12. The summed E-state index contributed by atoms with van der Waals surface area (Å²) < 4.78 is 6.80. The highest BCUT2D eigenvalue weighted by molar-refractivity contribution is 7.99. The molecule has 3 N–H and O–H groups in total. The van der Waals surface area contributed by atoms with Crippen molar-refractivity contribution >= 4 is 23.4 Å². The Bertz CT molecular complexity index is 691. The van der Waals surface area contributed by atoms with Gasteiger partial charge in [0.25, 0.3) is 0 Å². The summed E-state index contributed by atoms with van der Waals surface area (Å²) in [6.45, 7) is 8.56. The van der Waals surface area contributed by atoms with E-state index in [1.165, 1.54) is 16.4 Å². The number of nitrogens with one attached hydrogen (secondary N) is 1. The summed E-state index contributed by atoms with van der Waals surface area (Å²) in [5.41, 5.74) is 0.513. The second-order valence-electron chi connectivity index (χ2n) is 6.22. The lowest BCUT2D eigenvalue weighted by Gasteiger charge is -2.16. The summed E-state index contributed by atoms with van der Waals surface area (Å²) in [4.78, 5) is 12.0. The maximum atomic E-state index is 12.0. The zero-order valence-corrected chi connectivity index (χ0v) is 15.2. The fourth-order valence-electron chi connectivity index (χ4n) is 2.02. The number of nitrogen functional groups attached to an aromatic ring is 1. The van der Waals surface area contributed by atoms with Crippen molar-refractivity contribution in [2.45, 2.75) is 38.3 Å². The number of thioether (sulfide) groups is 1. The Morgan fingerprint density at radius 2 is 1.96 bits per heavy atom. The normalized spacial score (nSPS) is 11.3. The molecule has 130 valence electrons. The van der Waals surface area contributed by atoms with E-state index in [2.05, 4.69) is 15.5 Å². The summed E-state index contributed by atoms with van der Waals surface area (Å²) in [5, 5.41) is 11.5. The number of ether oxygens (including phenoxy) is 1. The monoisotopic (exact) mass is 349 g/mol. The quantitative estimate of drug-likeness (QED) is 0.614. The van der Waals surface area contributed by atoms with Crippen molar-refractivity contribution in [3.05, 3.63) is 30.1 Å². The molecule has 0 radical (unpaired) electrons. The van der Waals surface area contributed by atoms with Crippen molar-refractivity contribution in [2.24, 2.45) is 0 Å². The molecule has 1 amide bonds. The van der Waals surface area contributed by atoms with E-state index in [-0.39, 0.29) is 17.1 Å². The minimum Gasteiger partial charge on any atom is -0.494 e. The Hall–Kier alpha value is -2.22. The molecule has 0 atom stereocenters. The van der Waals surface area contributed by atoms with Gasteiger partial charge in [-0.3, -0.25) is 4.79 Å². The van der Waals surface area contributed by atoms with Crippen LogP contribution in [0.4, 0.5) is 5.69 Å². The fraction of sp³-hybridized carbons (Fsp3) is 0.438. The first-order chi connectivity index (χ1) is 11.3. The van der Waals surface area contributed by atoms with Crippen molar-refractivity contribution in [3.63, 3.8) is 0 Å². The van der Waals surface area contributed by atoms with E-state index >= 15 is 0 Å². The number of anilines is 1. The first-order valence-corrected chi connectivity index (χ1v) is 8.66. The van der Waals surface area contributed by atoms with Crippen LogP contribution in [0, 0.1) is 0 Å². The van der Waals surface area contributed by atoms with E-state index in [1.54, 1.807) is 12.1 Å². The second-order valence-corrected chi connectivity index (χ2v) is 7.16. The number of amides is 1. The molecule has 0 aliphatic heterocycles. The number of hydrogen-bond acceptors (Lipinski definition) is 6. The number of aromatic nitrogens is 3. The van der Waals surface area contributed by atoms with E-state index in [9.17, 15) is 4.79 Å². The molecule has 0 fully saturated rings. The Labute approximate surface area is 145 Å². The predicted molar refractivity (Wildman–Crippen MR) is 95.8 cm³/mol. The molecule has 1 aromatic heterocycles. The maximum Gasteiger partial charge on any atom is 0.234 e. The highest BCUT2D eigenvalue weighted by atomic mass is 32.2. The number of carbonyl (C=O) groups excluding carboxylic acids is 1. The molecule has 1 heterocycles. The van der Waals surface area contributed by atoms with E-state index in [4.69, 9.17) is 10.6 Å². The zero-order chi connectivity index (χ0) is 17.7. The lowest BCUT2D eigenvalue weighted by Crippen LogP contribution is -2.24. The largest absolute Gasteiger partial charge is 0.494 e. The molecule has 0 saturated heterocycles. The Morgan fingerprint density at radius 3 is 2.50 bits per heavy atom. The van der Waals surface area contributed by atoms with Gasteiger partial charge in [-0.2, -0.15) is 0 Å². The van der Waals surface area contributed by atoms with Crippen LogP contribution in [0.25, 0.3) is 0 Å². The van der Waals surface area contributed by atoms with Gasteiger partial charge in [0, 0.05) is 11.1 Å². The number of carbonyl (C=O) groups is 1. The lowest BCUT2D eigenvalue weighted by molar-refractivity contribution is -0.113. The molecule has 0 aliphatic rings. The average molecular weight is 349 g/mol. The number of nitrogens with two attached hydrogens (primary N) is 1. The topological polar surface area (TPSA) is 95.1 Å². The molecule has 0 bridgehead atoms. The van der Waals surface area contributed by atoms with Gasteiger partial charge in [-0.05, 0) is 31.2 Å². The van der Waals surface area contributed by atoms with Gasteiger partial charge in [0.1, 0.15) is 5.75 Å². The molecule has 0 aliphatic carbocycles. The first kappa shape index (κ1) is 18.1.